The quantitative estimate of drug-likeness (QED) is 0.315. The van der Waals surface area contributed by atoms with Gasteiger partial charge in [0, 0.05) is 5.92 Å². The zero-order valence-corrected chi connectivity index (χ0v) is 17.4. The van der Waals surface area contributed by atoms with Gasteiger partial charge in [0.25, 0.3) is 0 Å². The maximum Gasteiger partial charge on any atom is 0.347 e. The van der Waals surface area contributed by atoms with Gasteiger partial charge in [-0.2, -0.15) is 0 Å². The summed E-state index contributed by atoms with van der Waals surface area (Å²) in [6.07, 6.45) is 7.22. The first-order chi connectivity index (χ1) is 15.0. The molecule has 0 atom stereocenters. The highest BCUT2D eigenvalue weighted by molar-refractivity contribution is 6.17. The van der Waals surface area contributed by atoms with Gasteiger partial charge in [-0.05, 0) is 29.7 Å². The number of fused-ring (bicyclic) bond motifs is 2. The fourth-order valence-corrected chi connectivity index (χ4v) is 4.50. The fraction of sp³-hybridized carbons (Fsp3) is 0.360. The maximum absolute atomic E-state index is 12.4. The molecule has 0 aliphatic carbocycles. The van der Waals surface area contributed by atoms with Crippen LogP contribution in [0.5, 0.6) is 0 Å². The highest BCUT2D eigenvalue weighted by Crippen LogP contribution is 2.39. The lowest BCUT2D eigenvalue weighted by Crippen LogP contribution is -2.12. The summed E-state index contributed by atoms with van der Waals surface area (Å²) in [7, 11) is 0. The van der Waals surface area contributed by atoms with Crippen molar-refractivity contribution < 1.29 is 28.7 Å². The van der Waals surface area contributed by atoms with Crippen LogP contribution in [0.4, 0.5) is 0 Å². The van der Waals surface area contributed by atoms with Crippen LogP contribution in [0, 0.1) is 0 Å². The zero-order valence-electron chi connectivity index (χ0n) is 17.4. The fourth-order valence-electron chi connectivity index (χ4n) is 4.50. The van der Waals surface area contributed by atoms with Gasteiger partial charge in [-0.3, -0.25) is 0 Å². The third kappa shape index (κ3) is 3.90. The van der Waals surface area contributed by atoms with Gasteiger partial charge in [-0.1, -0.05) is 69.7 Å². The molecular weight excluding hydrogens is 396 g/mol. The minimum atomic E-state index is -0.672. The van der Waals surface area contributed by atoms with E-state index in [1.807, 2.05) is 0 Å². The van der Waals surface area contributed by atoms with E-state index in [4.69, 9.17) is 9.47 Å². The standard InChI is InChI=1S/C25H24O6/c1-2-3-4-5-6-7-10-15(16-11-8-13-18-20(16)24(28)30-22(18)26)17-12-9-14-19-21(17)25(29)31-23(19)27/h8-9,11-15H,2-7,10H2,1H3. The van der Waals surface area contributed by atoms with Gasteiger partial charge in [0.1, 0.15) is 0 Å². The summed E-state index contributed by atoms with van der Waals surface area (Å²) in [5, 5.41) is 0. The van der Waals surface area contributed by atoms with Crippen LogP contribution in [0.1, 0.15) is 110 Å². The van der Waals surface area contributed by atoms with E-state index in [0.29, 0.717) is 17.5 Å². The second-order valence-corrected chi connectivity index (χ2v) is 8.00. The molecule has 0 saturated carbocycles. The van der Waals surface area contributed by atoms with Crippen LogP contribution in [0.2, 0.25) is 0 Å². The minimum absolute atomic E-state index is 0.238. The lowest BCUT2D eigenvalue weighted by Gasteiger charge is -2.21. The van der Waals surface area contributed by atoms with Crippen LogP contribution in [0.3, 0.4) is 0 Å². The Morgan fingerprint density at radius 3 is 1.65 bits per heavy atom. The Morgan fingerprint density at radius 2 is 1.13 bits per heavy atom. The topological polar surface area (TPSA) is 86.7 Å². The summed E-state index contributed by atoms with van der Waals surface area (Å²) in [6.45, 7) is 2.17. The molecule has 31 heavy (non-hydrogen) atoms. The molecule has 2 aromatic rings. The lowest BCUT2D eigenvalue weighted by atomic mass is 9.80. The average molecular weight is 420 g/mol. The molecule has 2 aliphatic heterocycles. The predicted octanol–water partition coefficient (Wildman–Crippen LogP) is 5.19. The highest BCUT2D eigenvalue weighted by Gasteiger charge is 2.38. The molecular formula is C25H24O6. The van der Waals surface area contributed by atoms with Gasteiger partial charge >= 0.3 is 23.9 Å². The Balaban J connectivity index is 1.73. The molecule has 0 spiro atoms. The first-order valence-corrected chi connectivity index (χ1v) is 10.8. The highest BCUT2D eigenvalue weighted by atomic mass is 16.6. The van der Waals surface area contributed by atoms with Gasteiger partial charge in [0.2, 0.25) is 0 Å². The van der Waals surface area contributed by atoms with E-state index in [1.54, 1.807) is 36.4 Å². The summed E-state index contributed by atoms with van der Waals surface area (Å²) in [4.78, 5) is 49.0. The Bertz CT molecular complexity index is 990. The van der Waals surface area contributed by atoms with Gasteiger partial charge in [0.15, 0.2) is 0 Å². The summed E-state index contributed by atoms with van der Waals surface area (Å²) >= 11 is 0. The first kappa shape index (κ1) is 21.0. The number of hydrogen-bond donors (Lipinski definition) is 0. The Morgan fingerprint density at radius 1 is 0.645 bits per heavy atom. The molecule has 0 N–H and O–H groups in total. The smallest absolute Gasteiger partial charge is 0.347 e. The minimum Gasteiger partial charge on any atom is -0.386 e. The third-order valence-corrected chi connectivity index (χ3v) is 6.01. The number of benzene rings is 2. The number of cyclic esters (lactones) is 4. The van der Waals surface area contributed by atoms with Crippen molar-refractivity contribution in [2.45, 2.75) is 57.8 Å². The average Bonchev–Trinajstić information content (AvgIpc) is 3.23. The monoisotopic (exact) mass is 420 g/mol. The summed E-state index contributed by atoms with van der Waals surface area (Å²) in [5.41, 5.74) is 2.26. The summed E-state index contributed by atoms with van der Waals surface area (Å²) in [5.74, 6) is -3.00. The Hall–Kier alpha value is -3.28. The van der Waals surface area contributed by atoms with E-state index in [9.17, 15) is 19.2 Å². The van der Waals surface area contributed by atoms with Crippen LogP contribution in [-0.2, 0) is 9.47 Å². The van der Waals surface area contributed by atoms with Crippen LogP contribution in [-0.4, -0.2) is 23.9 Å². The molecule has 0 amide bonds. The van der Waals surface area contributed by atoms with Crippen LogP contribution in [0.25, 0.3) is 0 Å². The molecule has 2 aromatic carbocycles. The lowest BCUT2D eigenvalue weighted by molar-refractivity contribution is 0.0426. The molecule has 0 aromatic heterocycles. The second-order valence-electron chi connectivity index (χ2n) is 8.00. The first-order valence-electron chi connectivity index (χ1n) is 10.8. The molecule has 0 fully saturated rings. The number of esters is 4. The van der Waals surface area contributed by atoms with Crippen molar-refractivity contribution in [3.8, 4) is 0 Å². The van der Waals surface area contributed by atoms with E-state index in [1.165, 1.54) is 19.3 Å². The predicted molar refractivity (Wildman–Crippen MR) is 112 cm³/mol. The molecule has 0 radical (unpaired) electrons. The molecule has 0 saturated heterocycles. The maximum atomic E-state index is 12.4. The Kier molecular flexibility index (Phi) is 5.98. The molecule has 0 unspecified atom stereocenters. The SMILES string of the molecule is CCCCCCCCC(c1cccc2c1C(=O)OC2=O)c1cccc2c1C(=O)OC2=O. The molecule has 2 heterocycles. The van der Waals surface area contributed by atoms with Crippen molar-refractivity contribution >= 4 is 23.9 Å². The zero-order chi connectivity index (χ0) is 22.0. The van der Waals surface area contributed by atoms with Crippen molar-refractivity contribution in [2.24, 2.45) is 0 Å². The van der Waals surface area contributed by atoms with Gasteiger partial charge in [0.05, 0.1) is 22.3 Å². The number of carbonyl (C=O) groups is 4. The van der Waals surface area contributed by atoms with Crippen molar-refractivity contribution in [3.63, 3.8) is 0 Å². The molecule has 6 nitrogen and oxygen atoms in total. The van der Waals surface area contributed by atoms with E-state index >= 15 is 0 Å². The molecule has 160 valence electrons. The van der Waals surface area contributed by atoms with Crippen LogP contribution >= 0.6 is 0 Å². The second kappa shape index (κ2) is 8.84. The number of ether oxygens (including phenoxy) is 2. The van der Waals surface area contributed by atoms with Gasteiger partial charge in [-0.25, -0.2) is 19.2 Å². The van der Waals surface area contributed by atoms with Crippen molar-refractivity contribution in [1.29, 1.82) is 0 Å². The van der Waals surface area contributed by atoms with Crippen molar-refractivity contribution in [1.82, 2.24) is 0 Å². The third-order valence-electron chi connectivity index (χ3n) is 6.01. The van der Waals surface area contributed by atoms with E-state index in [2.05, 4.69) is 6.92 Å². The summed E-state index contributed by atoms with van der Waals surface area (Å²) < 4.78 is 9.67. The van der Waals surface area contributed by atoms with Gasteiger partial charge < -0.3 is 9.47 Å². The van der Waals surface area contributed by atoms with Crippen molar-refractivity contribution in [2.75, 3.05) is 0 Å². The van der Waals surface area contributed by atoms with Crippen molar-refractivity contribution in [3.05, 3.63) is 69.8 Å². The molecule has 4 rings (SSSR count). The van der Waals surface area contributed by atoms with E-state index in [0.717, 1.165) is 19.3 Å². The molecule has 6 heteroatoms. The normalized spacial score (nSPS) is 14.6. The van der Waals surface area contributed by atoms with Crippen LogP contribution in [0.15, 0.2) is 36.4 Å². The Labute approximate surface area is 180 Å². The van der Waals surface area contributed by atoms with E-state index < -0.39 is 23.9 Å². The van der Waals surface area contributed by atoms with Gasteiger partial charge in [-0.15, -0.1) is 0 Å². The number of hydrogen-bond acceptors (Lipinski definition) is 6. The van der Waals surface area contributed by atoms with E-state index in [-0.39, 0.29) is 28.2 Å². The number of carbonyl (C=O) groups excluding carboxylic acids is 4. The summed E-state index contributed by atoms with van der Waals surface area (Å²) in [6, 6.07) is 10.2. The largest absolute Gasteiger partial charge is 0.386 e. The number of unbranched alkanes of at least 4 members (excludes halogenated alkanes) is 5. The van der Waals surface area contributed by atoms with Crippen LogP contribution < -0.4 is 0 Å². The molecule has 0 bridgehead atoms. The molecule has 2 aliphatic rings. The number of rotatable bonds is 9.